The Kier molecular flexibility index (Phi) is 7.92. The number of hydrogen-bond acceptors (Lipinski definition) is 4. The molecular formula is C16H25NO3. The van der Waals surface area contributed by atoms with Crippen LogP contribution in [-0.4, -0.2) is 50.3 Å². The third-order valence-corrected chi connectivity index (χ3v) is 3.03. The number of benzene rings is 1. The summed E-state index contributed by atoms with van der Waals surface area (Å²) in [6.45, 7) is 10.6. The number of nitrogens with zero attached hydrogens (tertiary/aromatic N) is 1. The van der Waals surface area contributed by atoms with Crippen LogP contribution in [0.4, 0.5) is 0 Å². The zero-order chi connectivity index (χ0) is 14.8. The molecule has 1 aromatic rings. The van der Waals surface area contributed by atoms with Gasteiger partial charge in [0.1, 0.15) is 6.61 Å². The van der Waals surface area contributed by atoms with Crippen LogP contribution >= 0.6 is 0 Å². The monoisotopic (exact) mass is 279 g/mol. The highest BCUT2D eigenvalue weighted by Gasteiger charge is 2.11. The van der Waals surface area contributed by atoms with Crippen molar-refractivity contribution in [2.75, 3.05) is 39.5 Å². The Balaban J connectivity index is 0.000000956. The first-order valence-electron chi connectivity index (χ1n) is 7.29. The van der Waals surface area contributed by atoms with Crippen LogP contribution in [0, 0.1) is 6.92 Å². The predicted octanol–water partition coefficient (Wildman–Crippen LogP) is 2.51. The molecule has 0 bridgehead atoms. The molecule has 0 radical (unpaired) electrons. The second kappa shape index (κ2) is 9.50. The summed E-state index contributed by atoms with van der Waals surface area (Å²) in [7, 11) is 0. The molecule has 0 atom stereocenters. The van der Waals surface area contributed by atoms with Crippen LogP contribution in [-0.2, 0) is 9.47 Å². The lowest BCUT2D eigenvalue weighted by atomic mass is 10.1. The molecule has 0 saturated carbocycles. The minimum Gasteiger partial charge on any atom is -0.461 e. The molecule has 0 aliphatic carbocycles. The Morgan fingerprint density at radius 3 is 2.40 bits per heavy atom. The van der Waals surface area contributed by atoms with E-state index in [1.807, 2.05) is 32.9 Å². The van der Waals surface area contributed by atoms with Gasteiger partial charge in [0.05, 0.1) is 18.8 Å². The number of carbonyl (C=O) groups excluding carboxylic acids is 1. The summed E-state index contributed by atoms with van der Waals surface area (Å²) in [5.74, 6) is -0.247. The maximum absolute atomic E-state index is 11.7. The zero-order valence-corrected chi connectivity index (χ0v) is 12.7. The lowest BCUT2D eigenvalue weighted by Gasteiger charge is -2.26. The third kappa shape index (κ3) is 5.72. The molecule has 1 fully saturated rings. The standard InChI is InChI=1S/C14H19NO3.C2H6/c1-12-2-4-13(5-3-12)14(16)18-11-8-15-6-9-17-10-7-15;1-2/h2-5H,6-11H2,1H3;1-2H3. The van der Waals surface area contributed by atoms with Crippen LogP contribution < -0.4 is 0 Å². The molecule has 1 aliphatic heterocycles. The van der Waals surface area contributed by atoms with Gasteiger partial charge in [-0.25, -0.2) is 4.79 Å². The van der Waals surface area contributed by atoms with Gasteiger partial charge in [-0.1, -0.05) is 31.5 Å². The van der Waals surface area contributed by atoms with Gasteiger partial charge in [-0.05, 0) is 19.1 Å². The summed E-state index contributed by atoms with van der Waals surface area (Å²) >= 11 is 0. The van der Waals surface area contributed by atoms with Crippen LogP contribution in [0.1, 0.15) is 29.8 Å². The number of ether oxygens (including phenoxy) is 2. The van der Waals surface area contributed by atoms with Crippen LogP contribution in [0.2, 0.25) is 0 Å². The maximum atomic E-state index is 11.7. The van der Waals surface area contributed by atoms with Gasteiger partial charge in [-0.3, -0.25) is 4.90 Å². The molecule has 1 aromatic carbocycles. The number of morpholine rings is 1. The van der Waals surface area contributed by atoms with Gasteiger partial charge in [-0.15, -0.1) is 0 Å². The van der Waals surface area contributed by atoms with E-state index in [2.05, 4.69) is 4.90 Å². The quantitative estimate of drug-likeness (QED) is 0.794. The number of aryl methyl sites for hydroxylation is 1. The molecule has 0 aromatic heterocycles. The van der Waals surface area contributed by atoms with Crippen molar-refractivity contribution >= 4 is 5.97 Å². The summed E-state index contributed by atoms with van der Waals surface area (Å²) in [4.78, 5) is 14.0. The van der Waals surface area contributed by atoms with Crippen molar-refractivity contribution in [2.45, 2.75) is 20.8 Å². The molecule has 1 aliphatic rings. The van der Waals surface area contributed by atoms with Gasteiger partial charge in [0.15, 0.2) is 0 Å². The van der Waals surface area contributed by atoms with Gasteiger partial charge < -0.3 is 9.47 Å². The molecule has 0 N–H and O–H groups in total. The van der Waals surface area contributed by atoms with E-state index >= 15 is 0 Å². The van der Waals surface area contributed by atoms with Gasteiger partial charge in [0.25, 0.3) is 0 Å². The molecule has 112 valence electrons. The van der Waals surface area contributed by atoms with Crippen molar-refractivity contribution in [3.8, 4) is 0 Å². The Labute approximate surface area is 121 Å². The minimum absolute atomic E-state index is 0.247. The van der Waals surface area contributed by atoms with Gasteiger partial charge in [0, 0.05) is 19.6 Å². The van der Waals surface area contributed by atoms with E-state index in [0.717, 1.165) is 38.4 Å². The lowest BCUT2D eigenvalue weighted by molar-refractivity contribution is 0.0195. The van der Waals surface area contributed by atoms with Crippen LogP contribution in [0.3, 0.4) is 0 Å². The Hall–Kier alpha value is -1.39. The van der Waals surface area contributed by atoms with E-state index in [4.69, 9.17) is 9.47 Å². The molecule has 0 unspecified atom stereocenters. The topological polar surface area (TPSA) is 38.8 Å². The fourth-order valence-corrected chi connectivity index (χ4v) is 1.87. The lowest BCUT2D eigenvalue weighted by Crippen LogP contribution is -2.38. The summed E-state index contributed by atoms with van der Waals surface area (Å²) < 4.78 is 10.5. The number of carbonyl (C=O) groups is 1. The molecular weight excluding hydrogens is 254 g/mol. The average molecular weight is 279 g/mol. The molecule has 20 heavy (non-hydrogen) atoms. The normalized spacial score (nSPS) is 15.2. The van der Waals surface area contributed by atoms with Crippen molar-refractivity contribution in [1.82, 2.24) is 4.90 Å². The zero-order valence-electron chi connectivity index (χ0n) is 12.7. The van der Waals surface area contributed by atoms with E-state index in [-0.39, 0.29) is 5.97 Å². The predicted molar refractivity (Wildman–Crippen MR) is 80.1 cm³/mol. The minimum atomic E-state index is -0.247. The number of hydrogen-bond donors (Lipinski definition) is 0. The van der Waals surface area contributed by atoms with Gasteiger partial charge in [-0.2, -0.15) is 0 Å². The van der Waals surface area contributed by atoms with Crippen molar-refractivity contribution in [2.24, 2.45) is 0 Å². The Bertz CT molecular complexity index is 383. The first-order chi connectivity index (χ1) is 9.75. The average Bonchev–Trinajstić information content (AvgIpc) is 2.51. The van der Waals surface area contributed by atoms with E-state index in [0.29, 0.717) is 12.2 Å². The van der Waals surface area contributed by atoms with Crippen LogP contribution in [0.25, 0.3) is 0 Å². The Morgan fingerprint density at radius 2 is 1.80 bits per heavy atom. The third-order valence-electron chi connectivity index (χ3n) is 3.03. The number of esters is 1. The van der Waals surface area contributed by atoms with Crippen molar-refractivity contribution < 1.29 is 14.3 Å². The fraction of sp³-hybridized carbons (Fsp3) is 0.562. The van der Waals surface area contributed by atoms with E-state index < -0.39 is 0 Å². The summed E-state index contributed by atoms with van der Waals surface area (Å²) in [5, 5.41) is 0. The van der Waals surface area contributed by atoms with Crippen molar-refractivity contribution in [3.05, 3.63) is 35.4 Å². The highest BCUT2D eigenvalue weighted by molar-refractivity contribution is 5.89. The highest BCUT2D eigenvalue weighted by Crippen LogP contribution is 2.05. The van der Waals surface area contributed by atoms with Crippen molar-refractivity contribution in [3.63, 3.8) is 0 Å². The molecule has 1 saturated heterocycles. The summed E-state index contributed by atoms with van der Waals surface area (Å²) in [5.41, 5.74) is 1.75. The first kappa shape index (κ1) is 16.7. The molecule has 0 spiro atoms. The molecule has 2 rings (SSSR count). The molecule has 4 heteroatoms. The SMILES string of the molecule is CC.Cc1ccc(C(=O)OCCN2CCOCC2)cc1. The maximum Gasteiger partial charge on any atom is 0.338 e. The molecule has 4 nitrogen and oxygen atoms in total. The first-order valence-corrected chi connectivity index (χ1v) is 7.29. The van der Waals surface area contributed by atoms with Crippen LogP contribution in [0.5, 0.6) is 0 Å². The smallest absolute Gasteiger partial charge is 0.338 e. The van der Waals surface area contributed by atoms with Crippen LogP contribution in [0.15, 0.2) is 24.3 Å². The van der Waals surface area contributed by atoms with Crippen molar-refractivity contribution in [1.29, 1.82) is 0 Å². The summed E-state index contributed by atoms with van der Waals surface area (Å²) in [6.07, 6.45) is 0. The Morgan fingerprint density at radius 1 is 1.20 bits per heavy atom. The van der Waals surface area contributed by atoms with E-state index in [9.17, 15) is 4.79 Å². The van der Waals surface area contributed by atoms with E-state index in [1.165, 1.54) is 0 Å². The second-order valence-corrected chi connectivity index (χ2v) is 4.46. The van der Waals surface area contributed by atoms with Gasteiger partial charge in [0.2, 0.25) is 0 Å². The van der Waals surface area contributed by atoms with E-state index in [1.54, 1.807) is 12.1 Å². The summed E-state index contributed by atoms with van der Waals surface area (Å²) in [6, 6.07) is 7.43. The molecule has 1 heterocycles. The largest absolute Gasteiger partial charge is 0.461 e. The molecule has 0 amide bonds. The van der Waals surface area contributed by atoms with Gasteiger partial charge >= 0.3 is 5.97 Å². The number of rotatable bonds is 4. The highest BCUT2D eigenvalue weighted by atomic mass is 16.5. The fourth-order valence-electron chi connectivity index (χ4n) is 1.87. The second-order valence-electron chi connectivity index (χ2n) is 4.46.